The molecule has 176 valence electrons. The Morgan fingerprint density at radius 3 is 2.82 bits per heavy atom. The van der Waals surface area contributed by atoms with Crippen LogP contribution in [0.1, 0.15) is 25.3 Å². The van der Waals surface area contributed by atoms with Gasteiger partial charge in [0.15, 0.2) is 5.60 Å². The molecule has 0 bridgehead atoms. The number of benzene rings is 1. The van der Waals surface area contributed by atoms with Gasteiger partial charge in [-0.25, -0.2) is 15.0 Å². The van der Waals surface area contributed by atoms with Crippen LogP contribution in [0, 0.1) is 0 Å². The maximum atomic E-state index is 12.5. The summed E-state index contributed by atoms with van der Waals surface area (Å²) < 4.78 is 0. The smallest absolute Gasteiger partial charge is 0.258 e. The average Bonchev–Trinajstić information content (AvgIpc) is 3.57. The van der Waals surface area contributed by atoms with Gasteiger partial charge < -0.3 is 20.2 Å². The number of nitrogens with zero attached hydrogens (tertiary/aromatic N) is 5. The molecule has 9 nitrogen and oxygen atoms in total. The molecule has 4 heterocycles. The van der Waals surface area contributed by atoms with E-state index in [0.29, 0.717) is 36.7 Å². The standard InChI is InChI=1S/C24H26N6O3S/c1-15(31)30-10-7-18(13-30)26-23-25-9-6-19(28-23)20-14-34-21(27-20)16-4-3-5-17(12-16)24(33)8-11-29(2)22(24)32/h3-6,9,12,14,18,33H,7-8,10-11,13H2,1-2H3,(H,25,26,28)/t18-,24+/m0/s1. The Balaban J connectivity index is 1.35. The molecule has 2 aromatic heterocycles. The number of hydrogen-bond acceptors (Lipinski definition) is 8. The Bertz CT molecular complexity index is 1250. The summed E-state index contributed by atoms with van der Waals surface area (Å²) in [4.78, 5) is 41.1. The zero-order valence-corrected chi connectivity index (χ0v) is 19.9. The predicted molar refractivity (Wildman–Crippen MR) is 129 cm³/mol. The molecule has 0 radical (unpaired) electrons. The van der Waals surface area contributed by atoms with Gasteiger partial charge in [-0.3, -0.25) is 9.59 Å². The molecule has 2 saturated heterocycles. The number of amides is 2. The maximum Gasteiger partial charge on any atom is 0.258 e. The minimum Gasteiger partial charge on any atom is -0.375 e. The van der Waals surface area contributed by atoms with Gasteiger partial charge >= 0.3 is 0 Å². The van der Waals surface area contributed by atoms with E-state index in [9.17, 15) is 14.7 Å². The zero-order valence-electron chi connectivity index (χ0n) is 19.1. The van der Waals surface area contributed by atoms with Crippen molar-refractivity contribution in [1.82, 2.24) is 24.8 Å². The van der Waals surface area contributed by atoms with Crippen molar-refractivity contribution < 1.29 is 14.7 Å². The highest BCUT2D eigenvalue weighted by Gasteiger charge is 2.45. The van der Waals surface area contributed by atoms with Gasteiger partial charge in [0.1, 0.15) is 10.7 Å². The lowest BCUT2D eigenvalue weighted by Crippen LogP contribution is -2.36. The van der Waals surface area contributed by atoms with Crippen LogP contribution in [0.4, 0.5) is 5.95 Å². The van der Waals surface area contributed by atoms with E-state index in [1.807, 2.05) is 34.5 Å². The van der Waals surface area contributed by atoms with Crippen molar-refractivity contribution in [2.24, 2.45) is 0 Å². The molecule has 10 heteroatoms. The molecule has 34 heavy (non-hydrogen) atoms. The third-order valence-electron chi connectivity index (χ3n) is 6.49. The molecular weight excluding hydrogens is 452 g/mol. The fourth-order valence-corrected chi connectivity index (χ4v) is 5.28. The molecule has 0 spiro atoms. The lowest BCUT2D eigenvalue weighted by molar-refractivity contribution is -0.143. The Morgan fingerprint density at radius 1 is 1.24 bits per heavy atom. The molecule has 2 atom stereocenters. The fraction of sp³-hybridized carbons (Fsp3) is 0.375. The number of thiazole rings is 1. The highest BCUT2D eigenvalue weighted by molar-refractivity contribution is 7.13. The fourth-order valence-electron chi connectivity index (χ4n) is 4.47. The summed E-state index contributed by atoms with van der Waals surface area (Å²) in [5.74, 6) is 0.309. The zero-order chi connectivity index (χ0) is 23.9. The highest BCUT2D eigenvalue weighted by Crippen LogP contribution is 2.36. The van der Waals surface area contributed by atoms with Gasteiger partial charge in [0, 0.05) is 63.2 Å². The molecule has 0 saturated carbocycles. The predicted octanol–water partition coefficient (Wildman–Crippen LogP) is 2.35. The number of rotatable bonds is 5. The topological polar surface area (TPSA) is 112 Å². The van der Waals surface area contributed by atoms with Crippen molar-refractivity contribution in [3.63, 3.8) is 0 Å². The van der Waals surface area contributed by atoms with Crippen molar-refractivity contribution in [2.45, 2.75) is 31.4 Å². The first-order valence-corrected chi connectivity index (χ1v) is 12.1. The van der Waals surface area contributed by atoms with E-state index in [-0.39, 0.29) is 17.9 Å². The van der Waals surface area contributed by atoms with Crippen LogP contribution in [0.5, 0.6) is 0 Å². The molecule has 2 aliphatic heterocycles. The normalized spacial score (nSPS) is 22.4. The third-order valence-corrected chi connectivity index (χ3v) is 7.38. The number of carbonyl (C=O) groups excluding carboxylic acids is 2. The largest absolute Gasteiger partial charge is 0.375 e. The van der Waals surface area contributed by atoms with Crippen molar-refractivity contribution in [3.8, 4) is 22.0 Å². The molecule has 2 amide bonds. The second-order valence-corrected chi connectivity index (χ2v) is 9.67. The van der Waals surface area contributed by atoms with Crippen LogP contribution in [0.15, 0.2) is 41.9 Å². The monoisotopic (exact) mass is 478 g/mol. The number of anilines is 1. The molecule has 3 aromatic rings. The lowest BCUT2D eigenvalue weighted by atomic mass is 9.91. The molecule has 5 rings (SSSR count). The number of likely N-dealkylation sites (N-methyl/N-ethyl adjacent to an activating group) is 1. The van der Waals surface area contributed by atoms with Crippen LogP contribution < -0.4 is 5.32 Å². The van der Waals surface area contributed by atoms with Gasteiger partial charge in [-0.05, 0) is 24.1 Å². The van der Waals surface area contributed by atoms with E-state index < -0.39 is 5.60 Å². The van der Waals surface area contributed by atoms with Gasteiger partial charge in [0.05, 0.1) is 5.69 Å². The first-order chi connectivity index (χ1) is 16.3. The van der Waals surface area contributed by atoms with E-state index in [2.05, 4.69) is 15.3 Å². The maximum absolute atomic E-state index is 12.5. The van der Waals surface area contributed by atoms with Gasteiger partial charge in [0.2, 0.25) is 11.9 Å². The van der Waals surface area contributed by atoms with Gasteiger partial charge in [0.25, 0.3) is 5.91 Å². The van der Waals surface area contributed by atoms with Crippen molar-refractivity contribution >= 4 is 29.1 Å². The van der Waals surface area contributed by atoms with Gasteiger partial charge in [-0.2, -0.15) is 0 Å². The van der Waals surface area contributed by atoms with E-state index >= 15 is 0 Å². The average molecular weight is 479 g/mol. The van der Waals surface area contributed by atoms with Crippen LogP contribution in [-0.4, -0.2) is 74.4 Å². The summed E-state index contributed by atoms with van der Waals surface area (Å²) in [6.45, 7) is 3.49. The van der Waals surface area contributed by atoms with Crippen molar-refractivity contribution in [1.29, 1.82) is 0 Å². The van der Waals surface area contributed by atoms with Crippen molar-refractivity contribution in [3.05, 3.63) is 47.5 Å². The molecule has 2 aliphatic rings. The first kappa shape index (κ1) is 22.4. The Labute approximate surface area is 201 Å². The number of nitrogens with one attached hydrogen (secondary N) is 1. The van der Waals surface area contributed by atoms with Gasteiger partial charge in [-0.15, -0.1) is 11.3 Å². The number of likely N-dealkylation sites (tertiary alicyclic amines) is 2. The SMILES string of the molecule is CC(=O)N1CC[C@H](Nc2nccc(-c3csc(-c4cccc([C@]5(O)CCN(C)C5=O)c4)n3)n2)C1. The van der Waals surface area contributed by atoms with E-state index in [4.69, 9.17) is 4.98 Å². The summed E-state index contributed by atoms with van der Waals surface area (Å²) in [5.41, 5.74) is 1.36. The van der Waals surface area contributed by atoms with E-state index in [1.54, 1.807) is 31.1 Å². The quantitative estimate of drug-likeness (QED) is 0.579. The van der Waals surface area contributed by atoms with E-state index in [0.717, 1.165) is 29.2 Å². The third kappa shape index (κ3) is 4.14. The number of aliphatic hydroxyl groups is 1. The Morgan fingerprint density at radius 2 is 2.09 bits per heavy atom. The minimum atomic E-state index is -1.49. The number of hydrogen-bond donors (Lipinski definition) is 2. The summed E-state index contributed by atoms with van der Waals surface area (Å²) in [6, 6.07) is 9.32. The number of aromatic nitrogens is 3. The molecule has 0 unspecified atom stereocenters. The van der Waals surface area contributed by atoms with Crippen LogP contribution in [0.3, 0.4) is 0 Å². The summed E-state index contributed by atoms with van der Waals surface area (Å²) >= 11 is 1.48. The first-order valence-electron chi connectivity index (χ1n) is 11.2. The molecular formula is C24H26N6O3S. The van der Waals surface area contributed by atoms with Crippen LogP contribution in [0.25, 0.3) is 22.0 Å². The summed E-state index contributed by atoms with van der Waals surface area (Å²) in [6.07, 6.45) is 2.92. The van der Waals surface area contributed by atoms with Gasteiger partial charge in [-0.1, -0.05) is 18.2 Å². The summed E-state index contributed by atoms with van der Waals surface area (Å²) in [7, 11) is 1.70. The molecule has 0 aliphatic carbocycles. The van der Waals surface area contributed by atoms with Crippen LogP contribution in [0.2, 0.25) is 0 Å². The summed E-state index contributed by atoms with van der Waals surface area (Å²) in [5, 5.41) is 17.0. The Hall–Kier alpha value is -3.37. The second kappa shape index (κ2) is 8.77. The van der Waals surface area contributed by atoms with Crippen LogP contribution in [-0.2, 0) is 15.2 Å². The van der Waals surface area contributed by atoms with Crippen molar-refractivity contribution in [2.75, 3.05) is 32.0 Å². The Kier molecular flexibility index (Phi) is 5.78. The highest BCUT2D eigenvalue weighted by atomic mass is 32.1. The number of carbonyl (C=O) groups is 2. The minimum absolute atomic E-state index is 0.0782. The lowest BCUT2D eigenvalue weighted by Gasteiger charge is -2.21. The molecule has 1 aromatic carbocycles. The second-order valence-electron chi connectivity index (χ2n) is 8.82. The van der Waals surface area contributed by atoms with E-state index in [1.165, 1.54) is 11.3 Å². The molecule has 2 N–H and O–H groups in total. The molecule has 2 fully saturated rings. The van der Waals surface area contributed by atoms with Crippen LogP contribution >= 0.6 is 11.3 Å².